The first kappa shape index (κ1) is 30.6. The molecule has 6 rings (SSSR count). The Labute approximate surface area is 243 Å². The van der Waals surface area contributed by atoms with Crippen LogP contribution in [0.1, 0.15) is 98.4 Å². The molecule has 0 saturated carbocycles. The van der Waals surface area contributed by atoms with Gasteiger partial charge in [0.15, 0.2) is 0 Å². The Morgan fingerprint density at radius 1 is 0.683 bits per heavy atom. The van der Waals surface area contributed by atoms with E-state index in [2.05, 4.69) is 47.4 Å². The van der Waals surface area contributed by atoms with E-state index in [9.17, 15) is 19.5 Å². The maximum atomic E-state index is 12.1. The van der Waals surface area contributed by atoms with Crippen LogP contribution in [-0.2, 0) is 16.0 Å². The van der Waals surface area contributed by atoms with Crippen molar-refractivity contribution >= 4 is 18.0 Å². The number of amides is 1. The predicted molar refractivity (Wildman–Crippen MR) is 157 cm³/mol. The molecule has 0 aliphatic carbocycles. The summed E-state index contributed by atoms with van der Waals surface area (Å²) < 4.78 is 0. The third-order valence-corrected chi connectivity index (χ3v) is 8.91. The average Bonchev–Trinajstić information content (AvgIpc) is 2.98. The topological polar surface area (TPSA) is 118 Å². The Balaban J connectivity index is 0.000000237. The van der Waals surface area contributed by atoms with Crippen LogP contribution >= 0.6 is 0 Å². The van der Waals surface area contributed by atoms with Crippen molar-refractivity contribution < 1.29 is 29.7 Å². The molecule has 8 nitrogen and oxygen atoms in total. The van der Waals surface area contributed by atoms with E-state index >= 15 is 0 Å². The molecule has 4 heterocycles. The highest BCUT2D eigenvalue weighted by Crippen LogP contribution is 2.44. The first-order valence-corrected chi connectivity index (χ1v) is 15.2. The van der Waals surface area contributed by atoms with Crippen molar-refractivity contribution in [2.24, 2.45) is 5.92 Å². The normalized spacial score (nSPS) is 22.8. The van der Waals surface area contributed by atoms with Crippen molar-refractivity contribution in [1.29, 1.82) is 0 Å². The molecule has 3 saturated heterocycles. The van der Waals surface area contributed by atoms with E-state index in [1.807, 2.05) is 6.07 Å². The van der Waals surface area contributed by atoms with Crippen molar-refractivity contribution in [3.05, 3.63) is 70.8 Å². The van der Waals surface area contributed by atoms with Crippen LogP contribution in [-0.4, -0.2) is 69.3 Å². The molecule has 4 aliphatic rings. The summed E-state index contributed by atoms with van der Waals surface area (Å²) in [6.07, 6.45) is 8.33. The Morgan fingerprint density at radius 2 is 1.22 bits per heavy atom. The maximum Gasteiger partial charge on any atom is 0.408 e. The first-order valence-electron chi connectivity index (χ1n) is 15.2. The van der Waals surface area contributed by atoms with Gasteiger partial charge in [0.05, 0.1) is 6.04 Å². The first-order chi connectivity index (χ1) is 19.8. The summed E-state index contributed by atoms with van der Waals surface area (Å²) in [5, 5.41) is 26.6. The Hall–Kier alpha value is -3.39. The molecular formula is C33H44N2O6. The second-order valence-electron chi connectivity index (χ2n) is 11.6. The molecule has 2 bridgehead atoms. The number of carbonyl (C=O) groups is 3. The van der Waals surface area contributed by atoms with Crippen molar-refractivity contribution in [3.8, 4) is 0 Å². The lowest BCUT2D eigenvalue weighted by Crippen LogP contribution is -2.47. The molecule has 3 fully saturated rings. The van der Waals surface area contributed by atoms with Crippen molar-refractivity contribution in [1.82, 2.24) is 9.80 Å². The van der Waals surface area contributed by atoms with Gasteiger partial charge in [0.25, 0.3) is 0 Å². The molecule has 0 spiro atoms. The number of benzene rings is 2. The number of unbranched alkanes of at least 4 members (excludes halogenated alkanes) is 5. The van der Waals surface area contributed by atoms with Gasteiger partial charge < -0.3 is 20.2 Å². The van der Waals surface area contributed by atoms with Crippen molar-refractivity contribution in [2.45, 2.75) is 82.6 Å². The smallest absolute Gasteiger partial charge is 0.408 e. The Morgan fingerprint density at radius 3 is 1.76 bits per heavy atom. The van der Waals surface area contributed by atoms with Gasteiger partial charge in [-0.25, -0.2) is 4.79 Å². The van der Waals surface area contributed by atoms with E-state index in [4.69, 9.17) is 10.2 Å². The van der Waals surface area contributed by atoms with Gasteiger partial charge in [0, 0.05) is 25.9 Å². The van der Waals surface area contributed by atoms with E-state index in [0.29, 0.717) is 12.5 Å². The van der Waals surface area contributed by atoms with Crippen LogP contribution in [0.2, 0.25) is 0 Å². The summed E-state index contributed by atoms with van der Waals surface area (Å²) in [4.78, 5) is 36.6. The number of piperidine rings is 3. The van der Waals surface area contributed by atoms with Crippen LogP contribution in [0, 0.1) is 5.92 Å². The lowest BCUT2D eigenvalue weighted by Gasteiger charge is -2.46. The highest BCUT2D eigenvalue weighted by molar-refractivity contribution is 5.68. The predicted octanol–water partition coefficient (Wildman–Crippen LogP) is 6.40. The van der Waals surface area contributed by atoms with Gasteiger partial charge in [-0.3, -0.25) is 14.5 Å². The quantitative estimate of drug-likeness (QED) is 0.270. The molecule has 41 heavy (non-hydrogen) atoms. The Bertz CT molecular complexity index is 1160. The number of fused-ring (bicyclic) bond motifs is 4. The van der Waals surface area contributed by atoms with Crippen molar-refractivity contribution in [3.63, 3.8) is 0 Å². The summed E-state index contributed by atoms with van der Waals surface area (Å²) in [7, 11) is 0. The monoisotopic (exact) mass is 564 g/mol. The number of carboxylic acid groups (broad SMARTS) is 3. The zero-order valence-electron chi connectivity index (χ0n) is 23.9. The van der Waals surface area contributed by atoms with Gasteiger partial charge in [-0.2, -0.15) is 0 Å². The number of hydrogen-bond acceptors (Lipinski definition) is 4. The largest absolute Gasteiger partial charge is 0.481 e. The fourth-order valence-corrected chi connectivity index (χ4v) is 6.78. The van der Waals surface area contributed by atoms with Crippen LogP contribution in [0.4, 0.5) is 4.79 Å². The summed E-state index contributed by atoms with van der Waals surface area (Å²) in [5.41, 5.74) is 4.98. The number of rotatable bonds is 11. The van der Waals surface area contributed by atoms with Crippen LogP contribution in [0.15, 0.2) is 48.5 Å². The lowest BCUT2D eigenvalue weighted by atomic mass is 9.72. The van der Waals surface area contributed by atoms with Gasteiger partial charge in [0.2, 0.25) is 0 Å². The zero-order chi connectivity index (χ0) is 29.2. The van der Waals surface area contributed by atoms with Crippen LogP contribution in [0.3, 0.4) is 0 Å². The lowest BCUT2D eigenvalue weighted by molar-refractivity contribution is -0.138. The molecular weight excluding hydrogens is 520 g/mol. The zero-order valence-corrected chi connectivity index (χ0v) is 23.9. The van der Waals surface area contributed by atoms with Crippen molar-refractivity contribution in [2.75, 3.05) is 26.2 Å². The van der Waals surface area contributed by atoms with Crippen LogP contribution < -0.4 is 0 Å². The van der Waals surface area contributed by atoms with Gasteiger partial charge in [-0.1, -0.05) is 74.2 Å². The third kappa shape index (κ3) is 8.32. The molecule has 2 aromatic rings. The highest BCUT2D eigenvalue weighted by atomic mass is 16.4. The molecule has 1 unspecified atom stereocenters. The van der Waals surface area contributed by atoms with E-state index in [-0.39, 0.29) is 18.9 Å². The number of carboxylic acids is 2. The molecule has 2 atom stereocenters. The number of hydrogen-bond donors (Lipinski definition) is 3. The fourth-order valence-electron chi connectivity index (χ4n) is 6.78. The molecule has 3 N–H and O–H groups in total. The number of nitrogens with zero attached hydrogens (tertiary/aromatic N) is 2. The molecule has 1 amide bonds. The van der Waals surface area contributed by atoms with Gasteiger partial charge in [0.1, 0.15) is 0 Å². The Kier molecular flexibility index (Phi) is 11.2. The van der Waals surface area contributed by atoms with E-state index in [0.717, 1.165) is 63.0 Å². The molecule has 8 heteroatoms. The molecule has 0 aromatic heterocycles. The molecule has 222 valence electrons. The van der Waals surface area contributed by atoms with E-state index in [1.54, 1.807) is 4.90 Å². The SMILES string of the molecule is O=C(O)CCCCCCCCC(=O)O.O=C(O)N1CCc2ccccc2[C@@H]1c1ccccc1C1CN2CCC1CC2. The summed E-state index contributed by atoms with van der Waals surface area (Å²) >= 11 is 0. The third-order valence-electron chi connectivity index (χ3n) is 8.91. The molecule has 0 radical (unpaired) electrons. The van der Waals surface area contributed by atoms with E-state index < -0.39 is 18.0 Å². The summed E-state index contributed by atoms with van der Waals surface area (Å²) in [6, 6.07) is 16.8. The van der Waals surface area contributed by atoms with Gasteiger partial charge >= 0.3 is 18.0 Å². The van der Waals surface area contributed by atoms with E-state index in [1.165, 1.54) is 42.6 Å². The summed E-state index contributed by atoms with van der Waals surface area (Å²) in [5.74, 6) is -0.228. The fraction of sp³-hybridized carbons (Fsp3) is 0.545. The second kappa shape index (κ2) is 15.0. The minimum Gasteiger partial charge on any atom is -0.481 e. The standard InChI is InChI=1S/C23H26N2O2.C10H18O4/c26-23(27)25-14-11-16-5-1-2-6-18(16)22(25)20-8-4-3-7-19(20)21-15-24-12-9-17(21)10-13-24;11-9(12)7-5-3-1-2-4-6-8-10(13)14/h1-8,17,21-22H,9-15H2,(H,26,27);1-8H2,(H,11,12)(H,13,14)/t21?,22-;/m1./s1. The minimum absolute atomic E-state index is 0.195. The minimum atomic E-state index is -0.821. The number of aliphatic carboxylic acids is 2. The van der Waals surface area contributed by atoms with Crippen LogP contribution in [0.5, 0.6) is 0 Å². The van der Waals surface area contributed by atoms with Crippen LogP contribution in [0.25, 0.3) is 0 Å². The molecule has 4 aliphatic heterocycles. The highest BCUT2D eigenvalue weighted by Gasteiger charge is 2.39. The summed E-state index contributed by atoms with van der Waals surface area (Å²) in [6.45, 7) is 4.11. The van der Waals surface area contributed by atoms with Gasteiger partial charge in [-0.15, -0.1) is 0 Å². The second-order valence-corrected chi connectivity index (χ2v) is 11.6. The van der Waals surface area contributed by atoms with Gasteiger partial charge in [-0.05, 0) is 79.3 Å². The average molecular weight is 565 g/mol. The molecule has 2 aromatic carbocycles. The maximum absolute atomic E-state index is 12.1.